The van der Waals surface area contributed by atoms with Crippen LogP contribution in [-0.4, -0.2) is 16.9 Å². The van der Waals surface area contributed by atoms with Gasteiger partial charge in [0, 0.05) is 23.1 Å². The Morgan fingerprint density at radius 3 is 2.92 bits per heavy atom. The van der Waals surface area contributed by atoms with E-state index in [9.17, 15) is 4.79 Å². The number of hydrogen-bond acceptors (Lipinski definition) is 4. The number of carbonyl (C=O) groups is 1. The van der Waals surface area contributed by atoms with Gasteiger partial charge in [-0.2, -0.15) is 0 Å². The van der Waals surface area contributed by atoms with Gasteiger partial charge in [0.1, 0.15) is 12.4 Å². The van der Waals surface area contributed by atoms with Crippen molar-refractivity contribution in [3.8, 4) is 5.75 Å². The molecule has 5 heteroatoms. The van der Waals surface area contributed by atoms with Gasteiger partial charge in [-0.15, -0.1) is 11.3 Å². The second-order valence-electron chi connectivity index (χ2n) is 6.89. The minimum atomic E-state index is -0.0336. The van der Waals surface area contributed by atoms with Crippen LogP contribution in [0.5, 0.6) is 5.75 Å². The molecule has 1 aliphatic carbocycles. The molecule has 1 saturated carbocycles. The minimum Gasteiger partial charge on any atom is -0.487 e. The molecule has 0 aliphatic heterocycles. The van der Waals surface area contributed by atoms with Crippen LogP contribution in [0.3, 0.4) is 0 Å². The average Bonchev–Trinajstić information content (AvgIpc) is 3.06. The van der Waals surface area contributed by atoms with E-state index in [4.69, 9.17) is 4.74 Å². The molecule has 0 spiro atoms. The number of ether oxygens (including phenoxy) is 1. The van der Waals surface area contributed by atoms with Crippen molar-refractivity contribution >= 4 is 23.3 Å². The van der Waals surface area contributed by atoms with Crippen molar-refractivity contribution in [2.24, 2.45) is 5.92 Å². The van der Waals surface area contributed by atoms with E-state index in [1.807, 2.05) is 42.6 Å². The van der Waals surface area contributed by atoms with Crippen molar-refractivity contribution in [3.63, 3.8) is 0 Å². The van der Waals surface area contributed by atoms with Crippen LogP contribution in [-0.2, 0) is 11.4 Å². The molecule has 1 N–H and O–H groups in total. The van der Waals surface area contributed by atoms with E-state index in [1.54, 1.807) is 17.4 Å². The summed E-state index contributed by atoms with van der Waals surface area (Å²) >= 11 is 1.62. The highest BCUT2D eigenvalue weighted by Crippen LogP contribution is 2.24. The number of hydrogen-bond donors (Lipinski definition) is 1. The molecule has 1 aromatic carbocycles. The number of nitrogens with zero attached hydrogens (tertiary/aromatic N) is 1. The first-order valence-electron chi connectivity index (χ1n) is 9.23. The zero-order valence-corrected chi connectivity index (χ0v) is 16.2. The first-order valence-corrected chi connectivity index (χ1v) is 10.1. The fourth-order valence-electron chi connectivity index (χ4n) is 3.30. The smallest absolute Gasteiger partial charge is 0.244 e. The van der Waals surface area contributed by atoms with Crippen molar-refractivity contribution in [1.29, 1.82) is 0 Å². The summed E-state index contributed by atoms with van der Waals surface area (Å²) in [5, 5.41) is 6.18. The Balaban J connectivity index is 1.59. The number of amides is 1. The summed E-state index contributed by atoms with van der Waals surface area (Å²) in [4.78, 5) is 16.7. The SMILES string of the molecule is Cc1nc(COc2ccccc2/C=C/C(=O)NC2CCCCC2C)cs1. The number of benzene rings is 1. The van der Waals surface area contributed by atoms with Gasteiger partial charge in [0.2, 0.25) is 5.91 Å². The van der Waals surface area contributed by atoms with Crippen molar-refractivity contribution in [2.75, 3.05) is 0 Å². The van der Waals surface area contributed by atoms with Crippen molar-refractivity contribution in [3.05, 3.63) is 52.0 Å². The number of rotatable bonds is 6. The zero-order chi connectivity index (χ0) is 18.4. The fraction of sp³-hybridized carbons (Fsp3) is 0.429. The Morgan fingerprint density at radius 2 is 2.15 bits per heavy atom. The van der Waals surface area contributed by atoms with E-state index in [-0.39, 0.29) is 5.91 Å². The molecule has 2 aromatic rings. The van der Waals surface area contributed by atoms with Gasteiger partial charge in [0.15, 0.2) is 0 Å². The summed E-state index contributed by atoms with van der Waals surface area (Å²) in [5.41, 5.74) is 1.82. The zero-order valence-electron chi connectivity index (χ0n) is 15.4. The predicted octanol–water partition coefficient (Wildman–Crippen LogP) is 4.74. The Labute approximate surface area is 159 Å². The fourth-order valence-corrected chi connectivity index (χ4v) is 3.90. The summed E-state index contributed by atoms with van der Waals surface area (Å²) in [6.07, 6.45) is 8.17. The Hall–Kier alpha value is -2.14. The lowest BCUT2D eigenvalue weighted by molar-refractivity contribution is -0.117. The van der Waals surface area contributed by atoms with E-state index in [0.717, 1.165) is 28.4 Å². The van der Waals surface area contributed by atoms with Crippen LogP contribution < -0.4 is 10.1 Å². The number of nitrogens with one attached hydrogen (secondary N) is 1. The quantitative estimate of drug-likeness (QED) is 0.747. The second-order valence-corrected chi connectivity index (χ2v) is 7.96. The molecule has 1 aliphatic rings. The lowest BCUT2D eigenvalue weighted by Crippen LogP contribution is -2.40. The van der Waals surface area contributed by atoms with E-state index in [0.29, 0.717) is 18.6 Å². The van der Waals surface area contributed by atoms with Crippen LogP contribution in [0.2, 0.25) is 0 Å². The molecule has 1 fully saturated rings. The molecule has 4 nitrogen and oxygen atoms in total. The third-order valence-electron chi connectivity index (χ3n) is 4.81. The lowest BCUT2D eigenvalue weighted by Gasteiger charge is -2.29. The van der Waals surface area contributed by atoms with Gasteiger partial charge in [0.25, 0.3) is 0 Å². The largest absolute Gasteiger partial charge is 0.487 e. The Morgan fingerprint density at radius 1 is 1.35 bits per heavy atom. The number of carbonyl (C=O) groups excluding carboxylic acids is 1. The van der Waals surface area contributed by atoms with Gasteiger partial charge < -0.3 is 10.1 Å². The maximum absolute atomic E-state index is 12.3. The van der Waals surface area contributed by atoms with Crippen LogP contribution in [0.15, 0.2) is 35.7 Å². The minimum absolute atomic E-state index is 0.0336. The molecule has 26 heavy (non-hydrogen) atoms. The van der Waals surface area contributed by atoms with Crippen molar-refractivity contribution < 1.29 is 9.53 Å². The number of aromatic nitrogens is 1. The molecule has 0 bridgehead atoms. The first-order chi connectivity index (χ1) is 12.6. The van der Waals surface area contributed by atoms with E-state index >= 15 is 0 Å². The maximum Gasteiger partial charge on any atom is 0.244 e. The number of para-hydroxylation sites is 1. The molecule has 3 rings (SSSR count). The van der Waals surface area contributed by atoms with Gasteiger partial charge in [-0.25, -0.2) is 4.98 Å². The highest BCUT2D eigenvalue weighted by Gasteiger charge is 2.21. The van der Waals surface area contributed by atoms with Gasteiger partial charge in [-0.3, -0.25) is 4.79 Å². The molecule has 1 aromatic heterocycles. The maximum atomic E-state index is 12.3. The molecule has 0 radical (unpaired) electrons. The first kappa shape index (κ1) is 18.6. The van der Waals surface area contributed by atoms with Gasteiger partial charge in [-0.05, 0) is 37.8 Å². The average molecular weight is 371 g/mol. The lowest BCUT2D eigenvalue weighted by atomic mass is 9.86. The number of aryl methyl sites for hydroxylation is 1. The topological polar surface area (TPSA) is 51.2 Å². The summed E-state index contributed by atoms with van der Waals surface area (Å²) in [5.74, 6) is 1.28. The molecule has 2 atom stereocenters. The third kappa shape index (κ3) is 5.18. The molecule has 0 saturated heterocycles. The summed E-state index contributed by atoms with van der Waals surface area (Å²) in [6.45, 7) is 4.63. The highest BCUT2D eigenvalue weighted by atomic mass is 32.1. The summed E-state index contributed by atoms with van der Waals surface area (Å²) in [7, 11) is 0. The molecular weight excluding hydrogens is 344 g/mol. The van der Waals surface area contributed by atoms with Gasteiger partial charge in [0.05, 0.1) is 10.7 Å². The summed E-state index contributed by atoms with van der Waals surface area (Å²) < 4.78 is 5.90. The third-order valence-corrected chi connectivity index (χ3v) is 5.64. The second kappa shape index (κ2) is 8.99. The molecular formula is C21H26N2O2S. The Bertz CT molecular complexity index is 769. The molecule has 1 heterocycles. The predicted molar refractivity (Wildman–Crippen MR) is 106 cm³/mol. The normalized spacial score (nSPS) is 20.2. The van der Waals surface area contributed by atoms with E-state index in [1.165, 1.54) is 19.3 Å². The monoisotopic (exact) mass is 370 g/mol. The Kier molecular flexibility index (Phi) is 6.45. The van der Waals surface area contributed by atoms with Crippen LogP contribution >= 0.6 is 11.3 Å². The van der Waals surface area contributed by atoms with Crippen molar-refractivity contribution in [1.82, 2.24) is 10.3 Å². The van der Waals surface area contributed by atoms with Gasteiger partial charge >= 0.3 is 0 Å². The van der Waals surface area contributed by atoms with Crippen LogP contribution in [0.4, 0.5) is 0 Å². The molecule has 2 unspecified atom stereocenters. The van der Waals surface area contributed by atoms with Crippen molar-refractivity contribution in [2.45, 2.75) is 52.2 Å². The molecule has 138 valence electrons. The van der Waals surface area contributed by atoms with Crippen LogP contribution in [0.1, 0.15) is 48.9 Å². The van der Waals surface area contributed by atoms with Crippen LogP contribution in [0, 0.1) is 12.8 Å². The van der Waals surface area contributed by atoms with Gasteiger partial charge in [-0.1, -0.05) is 38.0 Å². The van der Waals surface area contributed by atoms with E-state index < -0.39 is 0 Å². The highest BCUT2D eigenvalue weighted by molar-refractivity contribution is 7.09. The van der Waals surface area contributed by atoms with E-state index in [2.05, 4.69) is 17.2 Å². The standard InChI is InChI=1S/C21H26N2O2S/c1-15-7-3-5-9-19(15)23-21(24)12-11-17-8-4-6-10-20(17)25-13-18-14-26-16(2)22-18/h4,6,8,10-12,14-15,19H,3,5,7,9,13H2,1-2H3,(H,23,24)/b12-11+. The number of thiazole rings is 1. The summed E-state index contributed by atoms with van der Waals surface area (Å²) in [6, 6.07) is 8.04. The van der Waals surface area contributed by atoms with Crippen LogP contribution in [0.25, 0.3) is 6.08 Å². The molecule has 1 amide bonds.